The van der Waals surface area contributed by atoms with Gasteiger partial charge in [-0.2, -0.15) is 0 Å². The maximum Gasteiger partial charge on any atom is 0.223 e. The van der Waals surface area contributed by atoms with Crippen LogP contribution in [0.1, 0.15) is 45.4 Å². The molecule has 0 atom stereocenters. The number of ether oxygens (including phenoxy) is 1. The van der Waals surface area contributed by atoms with Gasteiger partial charge in [0.2, 0.25) is 5.91 Å². The van der Waals surface area contributed by atoms with Crippen LogP contribution in [0.25, 0.3) is 0 Å². The zero-order valence-corrected chi connectivity index (χ0v) is 11.5. The van der Waals surface area contributed by atoms with E-state index in [4.69, 9.17) is 10.5 Å². The Morgan fingerprint density at radius 1 is 1.39 bits per heavy atom. The third-order valence-corrected chi connectivity index (χ3v) is 4.57. The maximum atomic E-state index is 12.3. The molecule has 1 saturated carbocycles. The molecular formula is C14H26N2O2. The Morgan fingerprint density at radius 3 is 2.50 bits per heavy atom. The third kappa shape index (κ3) is 3.04. The first-order chi connectivity index (χ1) is 8.69. The molecule has 0 bridgehead atoms. The summed E-state index contributed by atoms with van der Waals surface area (Å²) in [4.78, 5) is 14.3. The molecule has 0 unspecified atom stereocenters. The maximum absolute atomic E-state index is 12.3. The summed E-state index contributed by atoms with van der Waals surface area (Å²) in [5, 5.41) is 0. The summed E-state index contributed by atoms with van der Waals surface area (Å²) in [5.41, 5.74) is 5.95. The van der Waals surface area contributed by atoms with Crippen LogP contribution in [0.4, 0.5) is 0 Å². The van der Waals surface area contributed by atoms with Gasteiger partial charge in [-0.3, -0.25) is 4.79 Å². The first-order valence-electron chi connectivity index (χ1n) is 7.28. The normalized spacial score (nSPS) is 23.8. The summed E-state index contributed by atoms with van der Waals surface area (Å²) >= 11 is 0. The van der Waals surface area contributed by atoms with Crippen molar-refractivity contribution in [2.24, 2.45) is 11.1 Å². The van der Waals surface area contributed by atoms with Crippen LogP contribution in [0.15, 0.2) is 0 Å². The number of carbonyl (C=O) groups is 1. The van der Waals surface area contributed by atoms with Gasteiger partial charge in [0, 0.05) is 26.1 Å². The van der Waals surface area contributed by atoms with Crippen molar-refractivity contribution in [2.75, 3.05) is 26.2 Å². The first kappa shape index (κ1) is 13.8. The van der Waals surface area contributed by atoms with Gasteiger partial charge in [-0.1, -0.05) is 6.42 Å². The molecule has 0 aromatic carbocycles. The van der Waals surface area contributed by atoms with E-state index in [-0.39, 0.29) is 5.41 Å². The van der Waals surface area contributed by atoms with E-state index in [0.29, 0.717) is 25.0 Å². The van der Waals surface area contributed by atoms with E-state index in [2.05, 4.69) is 0 Å². The first-order valence-corrected chi connectivity index (χ1v) is 7.28. The Balaban J connectivity index is 1.77. The van der Waals surface area contributed by atoms with Gasteiger partial charge in [0.25, 0.3) is 0 Å². The molecule has 2 aliphatic rings. The van der Waals surface area contributed by atoms with Crippen molar-refractivity contribution >= 4 is 5.91 Å². The second-order valence-electron chi connectivity index (χ2n) is 5.77. The molecule has 1 aliphatic carbocycles. The van der Waals surface area contributed by atoms with Gasteiger partial charge in [0.05, 0.1) is 6.10 Å². The smallest absolute Gasteiger partial charge is 0.223 e. The average molecular weight is 254 g/mol. The number of nitrogens with zero attached hydrogens (tertiary/aromatic N) is 1. The lowest BCUT2D eigenvalue weighted by atomic mass is 9.66. The van der Waals surface area contributed by atoms with Crippen molar-refractivity contribution in [3.63, 3.8) is 0 Å². The molecule has 0 aromatic rings. The van der Waals surface area contributed by atoms with E-state index in [1.54, 1.807) is 0 Å². The molecule has 0 spiro atoms. The number of carbonyl (C=O) groups excluding carboxylic acids is 1. The van der Waals surface area contributed by atoms with Crippen molar-refractivity contribution in [1.29, 1.82) is 0 Å². The van der Waals surface area contributed by atoms with Crippen molar-refractivity contribution < 1.29 is 9.53 Å². The molecule has 2 N–H and O–H groups in total. The minimum absolute atomic E-state index is 0.133. The summed E-state index contributed by atoms with van der Waals surface area (Å²) < 4.78 is 5.61. The lowest BCUT2D eigenvalue weighted by Crippen LogP contribution is -2.46. The van der Waals surface area contributed by atoms with Crippen LogP contribution in [-0.2, 0) is 9.53 Å². The number of rotatable bonds is 5. The van der Waals surface area contributed by atoms with Crippen LogP contribution in [0.2, 0.25) is 0 Å². The van der Waals surface area contributed by atoms with Gasteiger partial charge >= 0.3 is 0 Å². The summed E-state index contributed by atoms with van der Waals surface area (Å²) in [6, 6.07) is 0. The highest BCUT2D eigenvalue weighted by Crippen LogP contribution is 2.43. The lowest BCUT2D eigenvalue weighted by molar-refractivity contribution is -0.137. The molecule has 1 aliphatic heterocycles. The number of amides is 1. The highest BCUT2D eigenvalue weighted by Gasteiger charge is 2.39. The molecule has 2 rings (SSSR count). The molecule has 2 fully saturated rings. The van der Waals surface area contributed by atoms with Crippen molar-refractivity contribution in [2.45, 2.75) is 51.6 Å². The number of hydrogen-bond donors (Lipinski definition) is 1. The number of hydrogen-bond acceptors (Lipinski definition) is 3. The molecule has 104 valence electrons. The molecule has 0 aromatic heterocycles. The number of piperidine rings is 1. The topological polar surface area (TPSA) is 55.6 Å². The Bertz CT molecular complexity index is 276. The molecule has 0 radical (unpaired) electrons. The van der Waals surface area contributed by atoms with Gasteiger partial charge in [-0.25, -0.2) is 0 Å². The molecular weight excluding hydrogens is 228 g/mol. The van der Waals surface area contributed by atoms with Crippen LogP contribution in [0, 0.1) is 5.41 Å². The molecule has 4 nitrogen and oxygen atoms in total. The van der Waals surface area contributed by atoms with Gasteiger partial charge in [0.15, 0.2) is 0 Å². The molecule has 1 heterocycles. The predicted octanol–water partition coefficient (Wildman–Crippen LogP) is 1.53. The van der Waals surface area contributed by atoms with Crippen LogP contribution in [0.3, 0.4) is 0 Å². The lowest BCUT2D eigenvalue weighted by Gasteiger charge is -2.42. The summed E-state index contributed by atoms with van der Waals surface area (Å²) in [6.45, 7) is 5.16. The Kier molecular flexibility index (Phi) is 4.62. The van der Waals surface area contributed by atoms with Crippen LogP contribution < -0.4 is 5.73 Å². The monoisotopic (exact) mass is 254 g/mol. The SMILES string of the molecule is CCOC1CCN(C(=O)CC2(CN)CCC2)CC1. The van der Waals surface area contributed by atoms with Gasteiger partial charge in [-0.15, -0.1) is 0 Å². The molecule has 4 heteroatoms. The van der Waals surface area contributed by atoms with Gasteiger partial charge in [-0.05, 0) is 44.6 Å². The minimum Gasteiger partial charge on any atom is -0.378 e. The summed E-state index contributed by atoms with van der Waals surface area (Å²) in [6.07, 6.45) is 6.46. The second-order valence-corrected chi connectivity index (χ2v) is 5.77. The van der Waals surface area contributed by atoms with Gasteiger partial charge in [0.1, 0.15) is 0 Å². The standard InChI is InChI=1S/C14H26N2O2/c1-2-18-12-4-8-16(9-5-12)13(17)10-14(11-15)6-3-7-14/h12H,2-11,15H2,1H3. The minimum atomic E-state index is 0.133. The molecule has 1 amide bonds. The van der Waals surface area contributed by atoms with E-state index >= 15 is 0 Å². The average Bonchev–Trinajstić information content (AvgIpc) is 2.35. The Morgan fingerprint density at radius 2 is 2.06 bits per heavy atom. The van der Waals surface area contributed by atoms with E-state index in [9.17, 15) is 4.79 Å². The van der Waals surface area contributed by atoms with Crippen molar-refractivity contribution in [3.05, 3.63) is 0 Å². The van der Waals surface area contributed by atoms with E-state index in [1.807, 2.05) is 11.8 Å². The fourth-order valence-corrected chi connectivity index (χ4v) is 3.07. The zero-order chi connectivity index (χ0) is 13.0. The fraction of sp³-hybridized carbons (Fsp3) is 0.929. The second kappa shape index (κ2) is 6.02. The predicted molar refractivity (Wildman–Crippen MR) is 71.2 cm³/mol. The highest BCUT2D eigenvalue weighted by atomic mass is 16.5. The van der Waals surface area contributed by atoms with E-state index < -0.39 is 0 Å². The highest BCUT2D eigenvalue weighted by molar-refractivity contribution is 5.77. The third-order valence-electron chi connectivity index (χ3n) is 4.57. The zero-order valence-electron chi connectivity index (χ0n) is 11.5. The van der Waals surface area contributed by atoms with Crippen molar-refractivity contribution in [1.82, 2.24) is 4.90 Å². The molecule has 18 heavy (non-hydrogen) atoms. The quantitative estimate of drug-likeness (QED) is 0.809. The summed E-state index contributed by atoms with van der Waals surface area (Å²) in [7, 11) is 0. The van der Waals surface area contributed by atoms with E-state index in [0.717, 1.165) is 45.4 Å². The number of nitrogens with two attached hydrogens (primary N) is 1. The summed E-state index contributed by atoms with van der Waals surface area (Å²) in [5.74, 6) is 0.301. The van der Waals surface area contributed by atoms with Gasteiger partial charge < -0.3 is 15.4 Å². The number of likely N-dealkylation sites (tertiary alicyclic amines) is 1. The van der Waals surface area contributed by atoms with Crippen LogP contribution >= 0.6 is 0 Å². The fourth-order valence-electron chi connectivity index (χ4n) is 3.07. The Labute approximate surface area is 110 Å². The molecule has 1 saturated heterocycles. The Hall–Kier alpha value is -0.610. The van der Waals surface area contributed by atoms with Crippen molar-refractivity contribution in [3.8, 4) is 0 Å². The van der Waals surface area contributed by atoms with E-state index in [1.165, 1.54) is 6.42 Å². The van der Waals surface area contributed by atoms with Crippen LogP contribution in [-0.4, -0.2) is 43.2 Å². The largest absolute Gasteiger partial charge is 0.378 e. The van der Waals surface area contributed by atoms with Crippen LogP contribution in [0.5, 0.6) is 0 Å².